The minimum Gasteiger partial charge on any atom is -0.498 e. The lowest BCUT2D eigenvalue weighted by Crippen LogP contribution is -2.24. The molecule has 0 amide bonds. The number of benzene rings is 1. The Morgan fingerprint density at radius 3 is 3.00 bits per heavy atom. The molecule has 0 unspecified atom stereocenters. The van der Waals surface area contributed by atoms with Crippen molar-refractivity contribution in [2.24, 2.45) is 0 Å². The Morgan fingerprint density at radius 2 is 2.29 bits per heavy atom. The van der Waals surface area contributed by atoms with Crippen LogP contribution >= 0.6 is 0 Å². The first-order chi connectivity index (χ1) is 6.81. The van der Waals surface area contributed by atoms with Gasteiger partial charge in [-0.15, -0.1) is 0 Å². The first kappa shape index (κ1) is 8.97. The van der Waals surface area contributed by atoms with E-state index in [2.05, 4.69) is 28.7 Å². The highest BCUT2D eigenvalue weighted by atomic mass is 15.2. The first-order valence-corrected chi connectivity index (χ1v) is 4.86. The average Bonchev–Trinajstić information content (AvgIpc) is 2.65. The van der Waals surface area contributed by atoms with Crippen molar-refractivity contribution in [1.29, 1.82) is 0 Å². The van der Waals surface area contributed by atoms with E-state index in [1.54, 1.807) is 0 Å². The van der Waals surface area contributed by atoms with Crippen LogP contribution in [0.4, 0.5) is 5.69 Å². The molecular formula is C11H13N3. The van der Waals surface area contributed by atoms with Crippen LogP contribution in [0.2, 0.25) is 0 Å². The summed E-state index contributed by atoms with van der Waals surface area (Å²) in [5, 5.41) is 0. The third-order valence-electron chi connectivity index (χ3n) is 2.52. The predicted octanol–water partition coefficient (Wildman–Crippen LogP) is 2.22. The fourth-order valence-electron chi connectivity index (χ4n) is 1.84. The van der Waals surface area contributed by atoms with Crippen LogP contribution in [0.5, 0.6) is 0 Å². The van der Waals surface area contributed by atoms with Crippen LogP contribution in [0.15, 0.2) is 24.3 Å². The van der Waals surface area contributed by atoms with Crippen molar-refractivity contribution in [2.45, 2.75) is 19.8 Å². The van der Waals surface area contributed by atoms with E-state index >= 15 is 0 Å². The van der Waals surface area contributed by atoms with Gasteiger partial charge < -0.3 is 10.3 Å². The number of amidine groups is 1. The van der Waals surface area contributed by atoms with Gasteiger partial charge in [0, 0.05) is 0 Å². The maximum Gasteiger partial charge on any atom is 0.334 e. The van der Waals surface area contributed by atoms with Crippen molar-refractivity contribution in [3.63, 3.8) is 0 Å². The van der Waals surface area contributed by atoms with E-state index in [1.807, 2.05) is 12.1 Å². The van der Waals surface area contributed by atoms with Gasteiger partial charge in [-0.25, -0.2) is 4.90 Å². The van der Waals surface area contributed by atoms with Gasteiger partial charge in [0.05, 0.1) is 13.0 Å². The number of aryl methyl sites for hydroxylation is 1. The molecule has 0 aromatic heterocycles. The molecule has 1 saturated heterocycles. The number of hydrogen-bond acceptors (Lipinski definition) is 0. The normalized spacial score (nSPS) is 15.8. The molecular weight excluding hydrogens is 174 g/mol. The Morgan fingerprint density at radius 1 is 1.43 bits per heavy atom. The summed E-state index contributed by atoms with van der Waals surface area (Å²) in [5.74, 6) is 0.774. The zero-order valence-electron chi connectivity index (χ0n) is 8.27. The molecule has 0 atom stereocenters. The molecule has 2 rings (SSSR count). The topological polar surface area (TPSA) is 39.6 Å². The molecule has 1 aromatic rings. The van der Waals surface area contributed by atoms with Gasteiger partial charge in [-0.3, -0.25) is 0 Å². The van der Waals surface area contributed by atoms with Crippen molar-refractivity contribution in [2.75, 3.05) is 11.4 Å². The van der Waals surface area contributed by atoms with Crippen molar-refractivity contribution in [1.82, 2.24) is 0 Å². The molecule has 3 nitrogen and oxygen atoms in total. The van der Waals surface area contributed by atoms with E-state index in [0.717, 1.165) is 30.9 Å². The van der Waals surface area contributed by atoms with E-state index in [1.165, 1.54) is 5.56 Å². The van der Waals surface area contributed by atoms with Crippen LogP contribution in [0.1, 0.15) is 18.4 Å². The largest absolute Gasteiger partial charge is 0.498 e. The lowest BCUT2D eigenvalue weighted by Gasteiger charge is -2.09. The van der Waals surface area contributed by atoms with Crippen molar-refractivity contribution < 1.29 is 4.79 Å². The van der Waals surface area contributed by atoms with Gasteiger partial charge in [0.15, 0.2) is 0 Å². The smallest absolute Gasteiger partial charge is 0.334 e. The van der Waals surface area contributed by atoms with Crippen LogP contribution < -0.4 is 4.90 Å². The fourth-order valence-corrected chi connectivity index (χ4v) is 1.84. The van der Waals surface area contributed by atoms with Gasteiger partial charge in [-0.1, -0.05) is 12.1 Å². The molecule has 0 bridgehead atoms. The van der Waals surface area contributed by atoms with Crippen LogP contribution in [-0.2, 0) is 0 Å². The average molecular weight is 187 g/mol. The summed E-state index contributed by atoms with van der Waals surface area (Å²) in [6, 6.07) is 8.24. The lowest BCUT2D eigenvalue weighted by atomic mass is 10.2. The van der Waals surface area contributed by atoms with Gasteiger partial charge in [-0.05, 0) is 31.0 Å². The molecule has 0 spiro atoms. The quantitative estimate of drug-likeness (QED) is 0.491. The Hall–Kier alpha value is -1.60. The molecule has 0 saturated carbocycles. The molecule has 14 heavy (non-hydrogen) atoms. The SMILES string of the molecule is Cc1cccc(N2CCCC2=[N+]=[N-])c1. The Balaban J connectivity index is 2.35. The third kappa shape index (κ3) is 1.54. The van der Waals surface area contributed by atoms with Crippen molar-refractivity contribution >= 4 is 11.5 Å². The summed E-state index contributed by atoms with van der Waals surface area (Å²) in [6.07, 6.45) is 1.93. The van der Waals surface area contributed by atoms with Crippen LogP contribution in [0, 0.1) is 6.92 Å². The van der Waals surface area contributed by atoms with E-state index < -0.39 is 0 Å². The molecule has 1 fully saturated rings. The van der Waals surface area contributed by atoms with Crippen LogP contribution in [-0.4, -0.2) is 17.2 Å². The highest BCUT2D eigenvalue weighted by Crippen LogP contribution is 2.21. The molecule has 1 heterocycles. The summed E-state index contributed by atoms with van der Waals surface area (Å²) in [7, 11) is 0. The minimum absolute atomic E-state index is 0.774. The standard InChI is InChI=1S/C11H13N3/c1-9-4-2-5-10(8-9)14-7-3-6-11(14)13-12/h2,4-5,8H,3,6-7H2,1H3. The van der Waals surface area contributed by atoms with Gasteiger partial charge in [0.2, 0.25) is 0 Å². The maximum absolute atomic E-state index is 8.81. The number of rotatable bonds is 1. The van der Waals surface area contributed by atoms with Crippen molar-refractivity contribution in [3.05, 3.63) is 35.4 Å². The van der Waals surface area contributed by atoms with Crippen LogP contribution in [0.25, 0.3) is 5.53 Å². The first-order valence-electron chi connectivity index (χ1n) is 4.86. The van der Waals surface area contributed by atoms with Gasteiger partial charge >= 0.3 is 5.84 Å². The predicted molar refractivity (Wildman–Crippen MR) is 56.4 cm³/mol. The molecule has 0 N–H and O–H groups in total. The van der Waals surface area contributed by atoms with Crippen molar-refractivity contribution in [3.8, 4) is 0 Å². The summed E-state index contributed by atoms with van der Waals surface area (Å²) >= 11 is 0. The molecule has 0 aliphatic carbocycles. The zero-order chi connectivity index (χ0) is 9.97. The van der Waals surface area contributed by atoms with Gasteiger partial charge in [0.1, 0.15) is 5.69 Å². The van der Waals surface area contributed by atoms with E-state index in [-0.39, 0.29) is 0 Å². The molecule has 3 heteroatoms. The highest BCUT2D eigenvalue weighted by molar-refractivity contribution is 5.95. The highest BCUT2D eigenvalue weighted by Gasteiger charge is 2.28. The van der Waals surface area contributed by atoms with Crippen LogP contribution in [0.3, 0.4) is 0 Å². The Kier molecular flexibility index (Phi) is 2.33. The lowest BCUT2D eigenvalue weighted by molar-refractivity contribution is -0.00889. The number of hydrogen-bond donors (Lipinski definition) is 0. The zero-order valence-corrected chi connectivity index (χ0v) is 8.27. The number of anilines is 1. The Bertz CT molecular complexity index is 391. The monoisotopic (exact) mass is 187 g/mol. The molecule has 1 aliphatic heterocycles. The molecule has 1 aliphatic rings. The third-order valence-corrected chi connectivity index (χ3v) is 2.52. The van der Waals surface area contributed by atoms with Gasteiger partial charge in [-0.2, -0.15) is 0 Å². The molecule has 1 aromatic carbocycles. The fraction of sp³-hybridized carbons (Fsp3) is 0.364. The second-order valence-electron chi connectivity index (χ2n) is 3.61. The van der Waals surface area contributed by atoms with E-state index in [0.29, 0.717) is 0 Å². The summed E-state index contributed by atoms with van der Waals surface area (Å²) < 4.78 is 0. The molecule has 72 valence electrons. The molecule has 0 radical (unpaired) electrons. The van der Waals surface area contributed by atoms with E-state index in [9.17, 15) is 0 Å². The maximum atomic E-state index is 8.81. The summed E-state index contributed by atoms with van der Waals surface area (Å²) in [5.41, 5.74) is 11.2. The van der Waals surface area contributed by atoms with E-state index in [4.69, 9.17) is 5.53 Å². The van der Waals surface area contributed by atoms with Gasteiger partial charge in [0.25, 0.3) is 0 Å². The summed E-state index contributed by atoms with van der Waals surface area (Å²) in [4.78, 5) is 5.38. The summed E-state index contributed by atoms with van der Waals surface area (Å²) in [6.45, 7) is 3.01. The number of nitrogens with zero attached hydrogens (tertiary/aromatic N) is 3. The second-order valence-corrected chi connectivity index (χ2v) is 3.61. The Labute approximate surface area is 83.6 Å². The minimum atomic E-state index is 0.774. The second kappa shape index (κ2) is 3.64.